The predicted molar refractivity (Wildman–Crippen MR) is 69.0 cm³/mol. The van der Waals surface area contributed by atoms with Crippen molar-refractivity contribution in [1.29, 1.82) is 0 Å². The second-order valence-electron chi connectivity index (χ2n) is 6.73. The molecule has 0 unspecified atom stereocenters. The Balaban J connectivity index is 2.30. The number of Topliss-reactive ketones (excluding diaryl/α,β-unsaturated/α-hetero) is 1. The molecule has 0 saturated heterocycles. The van der Waals surface area contributed by atoms with Gasteiger partial charge >= 0.3 is 5.97 Å². The van der Waals surface area contributed by atoms with Crippen LogP contribution in [0.2, 0.25) is 0 Å². The van der Waals surface area contributed by atoms with Crippen LogP contribution in [0.1, 0.15) is 59.8 Å². The highest BCUT2D eigenvalue weighted by atomic mass is 16.5. The molecule has 0 aliphatic heterocycles. The van der Waals surface area contributed by atoms with Crippen molar-refractivity contribution in [2.24, 2.45) is 16.7 Å². The van der Waals surface area contributed by atoms with E-state index in [1.165, 1.54) is 6.92 Å². The third-order valence-electron chi connectivity index (χ3n) is 5.28. The minimum Gasteiger partial charge on any atom is -0.462 e. The molecular weight excluding hydrogens is 228 g/mol. The first-order valence-corrected chi connectivity index (χ1v) is 6.99. The lowest BCUT2D eigenvalue weighted by atomic mass is 9.50. The van der Waals surface area contributed by atoms with Crippen molar-refractivity contribution in [2.75, 3.05) is 0 Å². The van der Waals surface area contributed by atoms with E-state index in [1.807, 2.05) is 0 Å². The molecule has 3 nitrogen and oxygen atoms in total. The van der Waals surface area contributed by atoms with Crippen molar-refractivity contribution >= 4 is 11.8 Å². The fraction of sp³-hybridized carbons (Fsp3) is 0.867. The summed E-state index contributed by atoms with van der Waals surface area (Å²) in [7, 11) is 0. The summed E-state index contributed by atoms with van der Waals surface area (Å²) in [5.74, 6) is 0.509. The molecule has 0 amide bonds. The van der Waals surface area contributed by atoms with Crippen molar-refractivity contribution in [3.63, 3.8) is 0 Å². The van der Waals surface area contributed by atoms with E-state index in [2.05, 4.69) is 20.8 Å². The van der Waals surface area contributed by atoms with E-state index >= 15 is 0 Å². The maximum Gasteiger partial charge on any atom is 0.302 e. The molecule has 2 aliphatic carbocycles. The summed E-state index contributed by atoms with van der Waals surface area (Å²) >= 11 is 0. The number of carbonyl (C=O) groups excluding carboxylic acids is 2. The third-order valence-corrected chi connectivity index (χ3v) is 5.28. The summed E-state index contributed by atoms with van der Waals surface area (Å²) in [5, 5.41) is 0. The highest BCUT2D eigenvalue weighted by Crippen LogP contribution is 2.57. The summed E-state index contributed by atoms with van der Waals surface area (Å²) in [6, 6.07) is 0. The van der Waals surface area contributed by atoms with Crippen LogP contribution in [0.15, 0.2) is 0 Å². The van der Waals surface area contributed by atoms with E-state index in [0.29, 0.717) is 18.1 Å². The number of hydrogen-bond donors (Lipinski definition) is 0. The number of rotatable bonds is 1. The highest BCUT2D eigenvalue weighted by Gasteiger charge is 2.56. The van der Waals surface area contributed by atoms with Crippen LogP contribution < -0.4 is 0 Å². The molecule has 102 valence electrons. The Kier molecular flexibility index (Phi) is 3.28. The van der Waals surface area contributed by atoms with Gasteiger partial charge in [-0.15, -0.1) is 0 Å². The van der Waals surface area contributed by atoms with E-state index in [0.717, 1.165) is 25.7 Å². The zero-order chi connectivity index (χ0) is 13.6. The molecule has 2 saturated carbocycles. The summed E-state index contributed by atoms with van der Waals surface area (Å²) in [6.07, 6.45) is 4.54. The average Bonchev–Trinajstić information content (AvgIpc) is 2.26. The Morgan fingerprint density at radius 2 is 1.94 bits per heavy atom. The minimum absolute atomic E-state index is 0.0128. The lowest BCUT2D eigenvalue weighted by Gasteiger charge is -2.55. The van der Waals surface area contributed by atoms with Gasteiger partial charge in [-0.05, 0) is 31.6 Å². The second kappa shape index (κ2) is 4.36. The van der Waals surface area contributed by atoms with E-state index in [4.69, 9.17) is 4.74 Å². The van der Waals surface area contributed by atoms with Crippen LogP contribution in [0.3, 0.4) is 0 Å². The lowest BCUT2D eigenvalue weighted by Crippen LogP contribution is -2.55. The number of fused-ring (bicyclic) bond motifs is 1. The van der Waals surface area contributed by atoms with E-state index in [9.17, 15) is 9.59 Å². The van der Waals surface area contributed by atoms with Crippen LogP contribution in [0.25, 0.3) is 0 Å². The fourth-order valence-electron chi connectivity index (χ4n) is 4.20. The number of hydrogen-bond acceptors (Lipinski definition) is 3. The first kappa shape index (κ1) is 13.6. The quantitative estimate of drug-likeness (QED) is 0.673. The first-order chi connectivity index (χ1) is 8.28. The van der Waals surface area contributed by atoms with Crippen LogP contribution in [-0.2, 0) is 14.3 Å². The monoisotopic (exact) mass is 252 g/mol. The van der Waals surface area contributed by atoms with Gasteiger partial charge in [-0.1, -0.05) is 20.8 Å². The van der Waals surface area contributed by atoms with Crippen molar-refractivity contribution < 1.29 is 14.3 Å². The number of esters is 1. The predicted octanol–water partition coefficient (Wildman–Crippen LogP) is 3.11. The van der Waals surface area contributed by atoms with Gasteiger partial charge in [-0.2, -0.15) is 0 Å². The summed E-state index contributed by atoms with van der Waals surface area (Å²) in [4.78, 5) is 23.4. The maximum atomic E-state index is 12.1. The molecule has 2 fully saturated rings. The van der Waals surface area contributed by atoms with Crippen LogP contribution in [0.5, 0.6) is 0 Å². The van der Waals surface area contributed by atoms with E-state index in [1.54, 1.807) is 0 Å². The molecular formula is C15H24O3. The molecule has 0 spiro atoms. The van der Waals surface area contributed by atoms with E-state index in [-0.39, 0.29) is 22.9 Å². The molecule has 3 heteroatoms. The highest BCUT2D eigenvalue weighted by molar-refractivity contribution is 5.85. The van der Waals surface area contributed by atoms with Gasteiger partial charge < -0.3 is 4.74 Å². The molecule has 0 heterocycles. The first-order valence-electron chi connectivity index (χ1n) is 6.99. The molecule has 0 aromatic rings. The summed E-state index contributed by atoms with van der Waals surface area (Å²) in [6.45, 7) is 7.81. The SMILES string of the molecule is CC(=O)O[C@H]1CCC[C@H]2C(C)(C)C(=O)CC[C@]12C. The molecule has 0 radical (unpaired) electrons. The Bertz CT molecular complexity index is 372. The summed E-state index contributed by atoms with van der Waals surface area (Å²) < 4.78 is 5.54. The van der Waals surface area contributed by atoms with Gasteiger partial charge in [-0.3, -0.25) is 9.59 Å². The van der Waals surface area contributed by atoms with Crippen LogP contribution >= 0.6 is 0 Å². The van der Waals surface area contributed by atoms with Gasteiger partial charge in [0.05, 0.1) is 0 Å². The molecule has 0 bridgehead atoms. The summed E-state index contributed by atoms with van der Waals surface area (Å²) in [5.41, 5.74) is -0.298. The van der Waals surface area contributed by atoms with E-state index < -0.39 is 0 Å². The van der Waals surface area contributed by atoms with Gasteiger partial charge in [0, 0.05) is 24.2 Å². The third kappa shape index (κ3) is 1.98. The van der Waals surface area contributed by atoms with Gasteiger partial charge in [0.15, 0.2) is 0 Å². The zero-order valence-corrected chi connectivity index (χ0v) is 11.9. The molecule has 0 aromatic carbocycles. The molecule has 0 aromatic heterocycles. The van der Waals surface area contributed by atoms with Gasteiger partial charge in [-0.25, -0.2) is 0 Å². The largest absolute Gasteiger partial charge is 0.462 e. The molecule has 2 rings (SSSR count). The molecule has 3 atom stereocenters. The van der Waals surface area contributed by atoms with Crippen molar-refractivity contribution in [1.82, 2.24) is 0 Å². The number of ketones is 1. The van der Waals surface area contributed by atoms with Crippen LogP contribution in [0.4, 0.5) is 0 Å². The smallest absolute Gasteiger partial charge is 0.302 e. The molecule has 18 heavy (non-hydrogen) atoms. The maximum absolute atomic E-state index is 12.1. The standard InChI is InChI=1S/C15H24O3/c1-10(16)18-13-7-5-6-11-14(2,3)12(17)8-9-15(11,13)4/h11,13H,5-9H2,1-4H3/t11-,13-,15-/m0/s1. The van der Waals surface area contributed by atoms with Crippen LogP contribution in [-0.4, -0.2) is 17.9 Å². The van der Waals surface area contributed by atoms with Gasteiger partial charge in [0.25, 0.3) is 0 Å². The molecule has 2 aliphatic rings. The Morgan fingerprint density at radius 1 is 1.28 bits per heavy atom. The average molecular weight is 252 g/mol. The Hall–Kier alpha value is -0.860. The lowest BCUT2D eigenvalue weighted by molar-refractivity contribution is -0.175. The van der Waals surface area contributed by atoms with Crippen LogP contribution in [0, 0.1) is 16.7 Å². The Labute approximate surface area is 109 Å². The van der Waals surface area contributed by atoms with Gasteiger partial charge in [0.2, 0.25) is 0 Å². The minimum atomic E-state index is -0.272. The topological polar surface area (TPSA) is 43.4 Å². The normalized spacial score (nSPS) is 39.0. The van der Waals surface area contributed by atoms with Crippen molar-refractivity contribution in [3.05, 3.63) is 0 Å². The van der Waals surface area contributed by atoms with Crippen molar-refractivity contribution in [2.45, 2.75) is 65.9 Å². The Morgan fingerprint density at radius 3 is 2.56 bits per heavy atom. The fourth-order valence-corrected chi connectivity index (χ4v) is 4.20. The zero-order valence-electron chi connectivity index (χ0n) is 11.9. The van der Waals surface area contributed by atoms with Gasteiger partial charge in [0.1, 0.15) is 11.9 Å². The number of carbonyl (C=O) groups is 2. The van der Waals surface area contributed by atoms with Crippen molar-refractivity contribution in [3.8, 4) is 0 Å². The second-order valence-corrected chi connectivity index (χ2v) is 6.73. The molecule has 0 N–H and O–H groups in total. The number of ether oxygens (including phenoxy) is 1.